The Morgan fingerprint density at radius 1 is 1.19 bits per heavy atom. The second-order valence-electron chi connectivity index (χ2n) is 6.23. The summed E-state index contributed by atoms with van der Waals surface area (Å²) in [7, 11) is 0. The maximum absolute atomic E-state index is 3.83. The van der Waals surface area contributed by atoms with Crippen LogP contribution in [-0.2, 0) is 0 Å². The first-order valence-corrected chi connectivity index (χ1v) is 7.18. The maximum Gasteiger partial charge on any atom is 0.0308 e. The summed E-state index contributed by atoms with van der Waals surface area (Å²) in [6.45, 7) is 9.82. The van der Waals surface area contributed by atoms with Gasteiger partial charge in [0.15, 0.2) is 0 Å². The zero-order chi connectivity index (χ0) is 11.4. The Bertz CT molecular complexity index is 207. The van der Waals surface area contributed by atoms with Gasteiger partial charge in [-0.3, -0.25) is 0 Å². The standard InChI is InChI=1S/C14H28N2/c1-13(2)6-11-16-10-5-9-15-14(12-16)7-3-4-8-14/h13,15H,3-12H2,1-2H3. The summed E-state index contributed by atoms with van der Waals surface area (Å²) < 4.78 is 0. The highest BCUT2D eigenvalue weighted by Crippen LogP contribution is 2.31. The normalized spacial score (nSPS) is 26.4. The van der Waals surface area contributed by atoms with Crippen LogP contribution < -0.4 is 5.32 Å². The van der Waals surface area contributed by atoms with Crippen molar-refractivity contribution in [1.29, 1.82) is 0 Å². The summed E-state index contributed by atoms with van der Waals surface area (Å²) in [5.74, 6) is 0.843. The first-order valence-electron chi connectivity index (χ1n) is 7.18. The van der Waals surface area contributed by atoms with Crippen molar-refractivity contribution < 1.29 is 0 Å². The average Bonchev–Trinajstić information content (AvgIpc) is 2.58. The van der Waals surface area contributed by atoms with Crippen LogP contribution in [-0.4, -0.2) is 36.6 Å². The molecule has 0 bridgehead atoms. The fourth-order valence-corrected chi connectivity index (χ4v) is 3.24. The average molecular weight is 224 g/mol. The predicted molar refractivity (Wildman–Crippen MR) is 69.7 cm³/mol. The van der Waals surface area contributed by atoms with E-state index in [-0.39, 0.29) is 0 Å². The Hall–Kier alpha value is -0.0800. The SMILES string of the molecule is CC(C)CCN1CCCNC2(CCCC2)C1. The van der Waals surface area contributed by atoms with E-state index in [9.17, 15) is 0 Å². The van der Waals surface area contributed by atoms with E-state index < -0.39 is 0 Å². The van der Waals surface area contributed by atoms with Gasteiger partial charge in [-0.2, -0.15) is 0 Å². The lowest BCUT2D eigenvalue weighted by Gasteiger charge is -2.33. The highest BCUT2D eigenvalue weighted by atomic mass is 15.2. The Labute approximate surface area is 101 Å². The molecule has 0 radical (unpaired) electrons. The minimum atomic E-state index is 0.494. The van der Waals surface area contributed by atoms with E-state index in [0.29, 0.717) is 5.54 Å². The molecule has 1 aliphatic heterocycles. The second-order valence-corrected chi connectivity index (χ2v) is 6.23. The molecule has 0 amide bonds. The van der Waals surface area contributed by atoms with Gasteiger partial charge in [0.25, 0.3) is 0 Å². The van der Waals surface area contributed by atoms with Gasteiger partial charge in [0.1, 0.15) is 0 Å². The molecule has 2 nitrogen and oxygen atoms in total. The quantitative estimate of drug-likeness (QED) is 0.793. The molecule has 1 spiro atoms. The zero-order valence-electron chi connectivity index (χ0n) is 11.1. The monoisotopic (exact) mass is 224 g/mol. The van der Waals surface area contributed by atoms with Gasteiger partial charge in [-0.05, 0) is 51.2 Å². The summed E-state index contributed by atoms with van der Waals surface area (Å²) >= 11 is 0. The Balaban J connectivity index is 1.87. The van der Waals surface area contributed by atoms with E-state index in [2.05, 4.69) is 24.1 Å². The highest BCUT2D eigenvalue weighted by Gasteiger charge is 2.36. The van der Waals surface area contributed by atoms with Crippen molar-refractivity contribution in [3.8, 4) is 0 Å². The van der Waals surface area contributed by atoms with Gasteiger partial charge in [-0.1, -0.05) is 26.7 Å². The molecule has 1 N–H and O–H groups in total. The van der Waals surface area contributed by atoms with E-state index in [1.54, 1.807) is 0 Å². The van der Waals surface area contributed by atoms with Crippen LogP contribution >= 0.6 is 0 Å². The van der Waals surface area contributed by atoms with E-state index in [1.807, 2.05) is 0 Å². The predicted octanol–water partition coefficient (Wildman–Crippen LogP) is 2.64. The van der Waals surface area contributed by atoms with Gasteiger partial charge in [0, 0.05) is 12.1 Å². The van der Waals surface area contributed by atoms with Gasteiger partial charge in [0.05, 0.1) is 0 Å². The maximum atomic E-state index is 3.83. The van der Waals surface area contributed by atoms with Crippen LogP contribution in [0.25, 0.3) is 0 Å². The first kappa shape index (κ1) is 12.4. The largest absolute Gasteiger partial charge is 0.310 e. The molecule has 0 aromatic carbocycles. The smallest absolute Gasteiger partial charge is 0.0308 e. The molecule has 0 atom stereocenters. The molecule has 0 aromatic heterocycles. The molecule has 2 fully saturated rings. The Morgan fingerprint density at radius 2 is 1.94 bits per heavy atom. The van der Waals surface area contributed by atoms with Crippen LogP contribution in [0.15, 0.2) is 0 Å². The molecule has 94 valence electrons. The van der Waals surface area contributed by atoms with Crippen LogP contribution in [0.3, 0.4) is 0 Å². The first-order chi connectivity index (χ1) is 7.70. The summed E-state index contributed by atoms with van der Waals surface area (Å²) in [5.41, 5.74) is 0.494. The molecule has 2 rings (SSSR count). The van der Waals surface area contributed by atoms with Crippen LogP contribution in [0.5, 0.6) is 0 Å². The number of hydrogen-bond donors (Lipinski definition) is 1. The molecule has 2 heteroatoms. The van der Waals surface area contributed by atoms with Crippen LogP contribution in [0.4, 0.5) is 0 Å². The molecule has 1 saturated carbocycles. The molecule has 1 aliphatic carbocycles. The molecule has 1 saturated heterocycles. The molecular weight excluding hydrogens is 196 g/mol. The highest BCUT2D eigenvalue weighted by molar-refractivity contribution is 4.96. The minimum absolute atomic E-state index is 0.494. The van der Waals surface area contributed by atoms with Crippen molar-refractivity contribution in [2.45, 2.75) is 57.9 Å². The van der Waals surface area contributed by atoms with Crippen LogP contribution in [0, 0.1) is 5.92 Å². The van der Waals surface area contributed by atoms with Crippen molar-refractivity contribution in [2.24, 2.45) is 5.92 Å². The third kappa shape index (κ3) is 3.21. The van der Waals surface area contributed by atoms with Gasteiger partial charge in [0.2, 0.25) is 0 Å². The van der Waals surface area contributed by atoms with Crippen molar-refractivity contribution in [3.63, 3.8) is 0 Å². The van der Waals surface area contributed by atoms with Gasteiger partial charge < -0.3 is 10.2 Å². The molecule has 0 aromatic rings. The van der Waals surface area contributed by atoms with E-state index in [1.165, 1.54) is 64.7 Å². The zero-order valence-corrected chi connectivity index (χ0v) is 11.1. The molecule has 0 unspecified atom stereocenters. The summed E-state index contributed by atoms with van der Waals surface area (Å²) in [4.78, 5) is 2.71. The number of nitrogens with zero attached hydrogens (tertiary/aromatic N) is 1. The van der Waals surface area contributed by atoms with E-state index >= 15 is 0 Å². The van der Waals surface area contributed by atoms with Crippen molar-refractivity contribution >= 4 is 0 Å². The number of rotatable bonds is 3. The summed E-state index contributed by atoms with van der Waals surface area (Å²) in [6, 6.07) is 0. The molecule has 16 heavy (non-hydrogen) atoms. The van der Waals surface area contributed by atoms with Gasteiger partial charge in [-0.25, -0.2) is 0 Å². The topological polar surface area (TPSA) is 15.3 Å². The van der Waals surface area contributed by atoms with Gasteiger partial charge >= 0.3 is 0 Å². The van der Waals surface area contributed by atoms with Gasteiger partial charge in [-0.15, -0.1) is 0 Å². The van der Waals surface area contributed by atoms with Crippen molar-refractivity contribution in [1.82, 2.24) is 10.2 Å². The lowest BCUT2D eigenvalue weighted by Crippen LogP contribution is -2.49. The Morgan fingerprint density at radius 3 is 2.62 bits per heavy atom. The Kier molecular flexibility index (Phi) is 4.26. The van der Waals surface area contributed by atoms with E-state index in [4.69, 9.17) is 0 Å². The third-order valence-corrected chi connectivity index (χ3v) is 4.26. The lowest BCUT2D eigenvalue weighted by atomic mass is 9.97. The minimum Gasteiger partial charge on any atom is -0.310 e. The number of nitrogens with one attached hydrogen (secondary N) is 1. The van der Waals surface area contributed by atoms with Crippen LogP contribution in [0.2, 0.25) is 0 Å². The van der Waals surface area contributed by atoms with Crippen molar-refractivity contribution in [2.75, 3.05) is 26.2 Å². The van der Waals surface area contributed by atoms with Crippen LogP contribution in [0.1, 0.15) is 52.4 Å². The second kappa shape index (κ2) is 5.50. The third-order valence-electron chi connectivity index (χ3n) is 4.26. The molecule has 2 aliphatic rings. The summed E-state index contributed by atoms with van der Waals surface area (Å²) in [6.07, 6.45) is 8.38. The fraction of sp³-hybridized carbons (Fsp3) is 1.00. The van der Waals surface area contributed by atoms with E-state index in [0.717, 1.165) is 5.92 Å². The molecular formula is C14H28N2. The fourth-order valence-electron chi connectivity index (χ4n) is 3.24. The lowest BCUT2D eigenvalue weighted by molar-refractivity contribution is 0.201. The molecule has 1 heterocycles. The number of hydrogen-bond acceptors (Lipinski definition) is 2. The van der Waals surface area contributed by atoms with Crippen molar-refractivity contribution in [3.05, 3.63) is 0 Å². The summed E-state index contributed by atoms with van der Waals surface area (Å²) in [5, 5.41) is 3.83.